The van der Waals surface area contributed by atoms with E-state index in [0.29, 0.717) is 10.6 Å². The molecule has 0 saturated carbocycles. The number of amides is 2. The van der Waals surface area contributed by atoms with Crippen LogP contribution < -0.4 is 10.6 Å². The Kier molecular flexibility index (Phi) is 5.94. The molecule has 0 aromatic heterocycles. The second-order valence-electron chi connectivity index (χ2n) is 5.17. The van der Waals surface area contributed by atoms with E-state index in [2.05, 4.69) is 5.32 Å². The maximum absolute atomic E-state index is 13.2. The summed E-state index contributed by atoms with van der Waals surface area (Å²) in [6.07, 6.45) is 0. The van der Waals surface area contributed by atoms with E-state index in [-0.39, 0.29) is 10.3 Å². The lowest BCUT2D eigenvalue weighted by Crippen LogP contribution is -2.38. The zero-order chi connectivity index (χ0) is 17.9. The Morgan fingerprint density at radius 2 is 1.79 bits per heavy atom. The molecule has 8 heteroatoms. The van der Waals surface area contributed by atoms with Gasteiger partial charge in [0.15, 0.2) is 0 Å². The van der Waals surface area contributed by atoms with Crippen molar-refractivity contribution >= 4 is 41.9 Å². The second-order valence-corrected chi connectivity index (χ2v) is 8.24. The quantitative estimate of drug-likeness (QED) is 0.783. The molecule has 2 rings (SSSR count). The second kappa shape index (κ2) is 7.58. The van der Waals surface area contributed by atoms with Gasteiger partial charge in [-0.3, -0.25) is 4.57 Å². The van der Waals surface area contributed by atoms with Gasteiger partial charge in [0, 0.05) is 19.4 Å². The van der Waals surface area contributed by atoms with E-state index in [1.807, 2.05) is 0 Å². The molecule has 0 spiro atoms. The fraction of sp³-hybridized carbons (Fsp3) is 0.188. The van der Waals surface area contributed by atoms with Gasteiger partial charge < -0.3 is 15.1 Å². The number of carbonyl (C=O) groups excluding carboxylic acids is 1. The largest absolute Gasteiger partial charge is 0.341 e. The summed E-state index contributed by atoms with van der Waals surface area (Å²) >= 11 is 12.0. The van der Waals surface area contributed by atoms with Crippen molar-refractivity contribution in [2.24, 2.45) is 0 Å². The molecule has 0 saturated heterocycles. The fourth-order valence-electron chi connectivity index (χ4n) is 2.40. The minimum atomic E-state index is -3.97. The standard InChI is InChI=1S/C16H17Cl2N2O3P/c1-19-16(21)20(2)15(11-8-9-13(17)14(18)10-11)24(22,23)12-6-4-3-5-7-12/h3-10,15H,1-2H3,(H,19,21)(H,22,23). The number of hydrogen-bond acceptors (Lipinski definition) is 2. The summed E-state index contributed by atoms with van der Waals surface area (Å²) in [7, 11) is -1.06. The summed E-state index contributed by atoms with van der Waals surface area (Å²) in [5, 5.41) is 3.28. The van der Waals surface area contributed by atoms with Crippen LogP contribution >= 0.6 is 30.6 Å². The highest BCUT2D eigenvalue weighted by atomic mass is 35.5. The monoisotopic (exact) mass is 386 g/mol. The average Bonchev–Trinajstić information content (AvgIpc) is 2.58. The van der Waals surface area contributed by atoms with E-state index in [0.717, 1.165) is 0 Å². The third-order valence-corrected chi connectivity index (χ3v) is 6.69. The van der Waals surface area contributed by atoms with Crippen LogP contribution in [-0.4, -0.2) is 29.9 Å². The van der Waals surface area contributed by atoms with E-state index >= 15 is 0 Å². The highest BCUT2D eigenvalue weighted by Gasteiger charge is 2.39. The third kappa shape index (κ3) is 3.76. The zero-order valence-corrected chi connectivity index (χ0v) is 15.5. The SMILES string of the molecule is CNC(=O)N(C)C(c1ccc(Cl)c(Cl)c1)P(=O)(O)c1ccccc1. The van der Waals surface area contributed by atoms with Crippen LogP contribution in [0, 0.1) is 0 Å². The average molecular weight is 387 g/mol. The number of rotatable bonds is 4. The minimum absolute atomic E-state index is 0.247. The van der Waals surface area contributed by atoms with E-state index in [9.17, 15) is 14.3 Å². The van der Waals surface area contributed by atoms with Gasteiger partial charge in [-0.2, -0.15) is 0 Å². The van der Waals surface area contributed by atoms with Crippen molar-refractivity contribution in [1.82, 2.24) is 10.2 Å². The van der Waals surface area contributed by atoms with Crippen molar-refractivity contribution in [3.05, 3.63) is 64.1 Å². The van der Waals surface area contributed by atoms with Crippen LogP contribution in [0.25, 0.3) is 0 Å². The molecule has 0 aliphatic carbocycles. The molecule has 2 aromatic carbocycles. The molecule has 0 aliphatic rings. The lowest BCUT2D eigenvalue weighted by atomic mass is 10.2. The maximum atomic E-state index is 13.2. The van der Waals surface area contributed by atoms with Crippen molar-refractivity contribution in [2.75, 3.05) is 14.1 Å². The van der Waals surface area contributed by atoms with E-state index in [1.165, 1.54) is 31.1 Å². The van der Waals surface area contributed by atoms with Crippen molar-refractivity contribution in [2.45, 2.75) is 5.78 Å². The van der Waals surface area contributed by atoms with Crippen molar-refractivity contribution in [1.29, 1.82) is 0 Å². The minimum Gasteiger partial charge on any atom is -0.341 e. The number of hydrogen-bond donors (Lipinski definition) is 2. The van der Waals surface area contributed by atoms with Gasteiger partial charge in [-0.1, -0.05) is 47.5 Å². The lowest BCUT2D eigenvalue weighted by Gasteiger charge is -2.32. The molecular weight excluding hydrogens is 370 g/mol. The Hall–Kier alpha value is -1.52. The third-order valence-electron chi connectivity index (χ3n) is 3.60. The molecule has 2 N–H and O–H groups in total. The topological polar surface area (TPSA) is 69.6 Å². The summed E-state index contributed by atoms with van der Waals surface area (Å²) in [5.41, 5.74) is 0.421. The number of halogens is 2. The van der Waals surface area contributed by atoms with Gasteiger partial charge >= 0.3 is 6.03 Å². The van der Waals surface area contributed by atoms with Crippen LogP contribution in [0.3, 0.4) is 0 Å². The molecule has 5 nitrogen and oxygen atoms in total. The number of urea groups is 1. The van der Waals surface area contributed by atoms with E-state index in [4.69, 9.17) is 23.2 Å². The number of nitrogens with one attached hydrogen (secondary N) is 1. The molecule has 2 amide bonds. The molecule has 2 aromatic rings. The molecule has 2 atom stereocenters. The predicted octanol–water partition coefficient (Wildman–Crippen LogP) is 3.86. The van der Waals surface area contributed by atoms with Crippen molar-refractivity contribution in [3.8, 4) is 0 Å². The van der Waals surface area contributed by atoms with Crippen LogP contribution in [0.5, 0.6) is 0 Å². The Balaban J connectivity index is 2.60. The first-order chi connectivity index (χ1) is 11.3. The van der Waals surface area contributed by atoms with E-state index < -0.39 is 19.2 Å². The maximum Gasteiger partial charge on any atom is 0.317 e. The molecule has 0 fully saturated rings. The Bertz CT molecular complexity index is 786. The molecule has 128 valence electrons. The highest BCUT2D eigenvalue weighted by Crippen LogP contribution is 2.56. The van der Waals surface area contributed by atoms with Gasteiger partial charge in [0.1, 0.15) is 5.78 Å². The zero-order valence-electron chi connectivity index (χ0n) is 13.1. The van der Waals surface area contributed by atoms with Crippen molar-refractivity contribution < 1.29 is 14.3 Å². The first kappa shape index (κ1) is 18.8. The predicted molar refractivity (Wildman–Crippen MR) is 97.3 cm³/mol. The van der Waals surface area contributed by atoms with Crippen molar-refractivity contribution in [3.63, 3.8) is 0 Å². The molecule has 2 unspecified atom stereocenters. The van der Waals surface area contributed by atoms with Crippen LogP contribution in [-0.2, 0) is 4.57 Å². The molecule has 0 heterocycles. The summed E-state index contributed by atoms with van der Waals surface area (Å²) < 4.78 is 13.2. The van der Waals surface area contributed by atoms with Gasteiger partial charge in [0.2, 0.25) is 0 Å². The first-order valence-electron chi connectivity index (χ1n) is 7.06. The Morgan fingerprint density at radius 1 is 1.17 bits per heavy atom. The highest BCUT2D eigenvalue weighted by molar-refractivity contribution is 7.66. The molecule has 0 bridgehead atoms. The Morgan fingerprint density at radius 3 is 2.33 bits per heavy atom. The molecule has 0 aliphatic heterocycles. The summed E-state index contributed by atoms with van der Waals surface area (Å²) in [4.78, 5) is 24.1. The summed E-state index contributed by atoms with van der Waals surface area (Å²) in [5.74, 6) is -1.10. The smallest absolute Gasteiger partial charge is 0.317 e. The van der Waals surface area contributed by atoms with Gasteiger partial charge in [-0.05, 0) is 29.8 Å². The van der Waals surface area contributed by atoms with Gasteiger partial charge in [-0.25, -0.2) is 4.79 Å². The summed E-state index contributed by atoms with van der Waals surface area (Å²) in [6, 6.07) is 12.3. The van der Waals surface area contributed by atoms with Crippen LogP contribution in [0.15, 0.2) is 48.5 Å². The fourth-order valence-corrected chi connectivity index (χ4v) is 4.73. The molecular formula is C16H17Cl2N2O3P. The first-order valence-corrected chi connectivity index (χ1v) is 9.55. The Labute approximate surface area is 150 Å². The number of benzene rings is 2. The van der Waals surface area contributed by atoms with Crippen LogP contribution in [0.1, 0.15) is 11.3 Å². The normalized spacial score (nSPS) is 14.5. The van der Waals surface area contributed by atoms with E-state index in [1.54, 1.807) is 36.4 Å². The van der Waals surface area contributed by atoms with Crippen LogP contribution in [0.2, 0.25) is 10.0 Å². The van der Waals surface area contributed by atoms with Gasteiger partial charge in [0.25, 0.3) is 7.37 Å². The van der Waals surface area contributed by atoms with Gasteiger partial charge in [-0.15, -0.1) is 0 Å². The van der Waals surface area contributed by atoms with Gasteiger partial charge in [0.05, 0.1) is 10.0 Å². The van der Waals surface area contributed by atoms with Crippen LogP contribution in [0.4, 0.5) is 4.79 Å². The lowest BCUT2D eigenvalue weighted by molar-refractivity contribution is 0.204. The number of nitrogens with zero attached hydrogens (tertiary/aromatic N) is 1. The molecule has 0 radical (unpaired) electrons. The summed E-state index contributed by atoms with van der Waals surface area (Å²) in [6.45, 7) is 0. The number of carbonyl (C=O) groups is 1. The molecule has 24 heavy (non-hydrogen) atoms.